The van der Waals surface area contributed by atoms with Crippen LogP contribution in [0.3, 0.4) is 0 Å². The Morgan fingerprint density at radius 2 is 2.08 bits per heavy atom. The van der Waals surface area contributed by atoms with Crippen LogP contribution in [-0.4, -0.2) is 4.98 Å². The smallest absolute Gasteiger partial charge is 0.0689 e. The molecule has 0 aromatic carbocycles. The van der Waals surface area contributed by atoms with Gasteiger partial charge in [-0.2, -0.15) is 5.26 Å². The van der Waals surface area contributed by atoms with Gasteiger partial charge in [-0.1, -0.05) is 38.3 Å². The lowest BCUT2D eigenvalue weighted by molar-refractivity contribution is 0.221. The van der Waals surface area contributed by atoms with E-state index in [1.807, 2.05) is 6.20 Å². The number of hydrogen-bond donors (Lipinski definition) is 0. The summed E-state index contributed by atoms with van der Waals surface area (Å²) in [5.74, 6) is 0.523. The van der Waals surface area contributed by atoms with Crippen LogP contribution < -0.4 is 0 Å². The van der Waals surface area contributed by atoms with Crippen LogP contribution in [0.4, 0.5) is 0 Å². The van der Waals surface area contributed by atoms with E-state index in [2.05, 4.69) is 42.6 Å². The first-order valence-corrected chi connectivity index (χ1v) is 10.1. The Bertz CT molecular complexity index is 659. The molecule has 0 aliphatic heterocycles. The zero-order valence-corrected chi connectivity index (χ0v) is 15.3. The molecular weight excluding hydrogens is 312 g/mol. The molecule has 3 rings (SSSR count). The molecule has 24 heavy (non-hydrogen) atoms. The maximum atomic E-state index is 9.68. The fourth-order valence-corrected chi connectivity index (χ4v) is 4.55. The van der Waals surface area contributed by atoms with E-state index in [0.29, 0.717) is 5.92 Å². The second kappa shape index (κ2) is 7.94. The number of rotatable bonds is 6. The number of aromatic nitrogens is 1. The minimum atomic E-state index is -0.0669. The fraction of sp³-hybridized carbons (Fsp3) is 0.524. The van der Waals surface area contributed by atoms with Gasteiger partial charge in [0.1, 0.15) is 0 Å². The number of nitriles is 1. The van der Waals surface area contributed by atoms with Crippen LogP contribution in [0.5, 0.6) is 0 Å². The third-order valence-electron chi connectivity index (χ3n) is 5.45. The summed E-state index contributed by atoms with van der Waals surface area (Å²) in [4.78, 5) is 6.01. The number of hydrogen-bond acceptors (Lipinski definition) is 3. The van der Waals surface area contributed by atoms with E-state index in [9.17, 15) is 5.26 Å². The lowest BCUT2D eigenvalue weighted by Gasteiger charge is -2.35. The molecule has 0 N–H and O–H groups in total. The SMILES string of the molecule is CCCCC[C@]1(C#N)CC[C@H](c2ccc(-c3cccs3)cn2)CC1. The average Bonchev–Trinajstić information content (AvgIpc) is 3.17. The molecule has 0 spiro atoms. The van der Waals surface area contributed by atoms with Crippen molar-refractivity contribution in [3.05, 3.63) is 41.5 Å². The minimum absolute atomic E-state index is 0.0669. The molecule has 0 unspecified atom stereocenters. The largest absolute Gasteiger partial charge is 0.260 e. The average molecular weight is 339 g/mol. The highest BCUT2D eigenvalue weighted by Gasteiger charge is 2.35. The van der Waals surface area contributed by atoms with Crippen LogP contribution in [0.1, 0.15) is 69.9 Å². The first-order valence-electron chi connectivity index (χ1n) is 9.17. The highest BCUT2D eigenvalue weighted by molar-refractivity contribution is 7.13. The lowest BCUT2D eigenvalue weighted by atomic mass is 9.68. The predicted molar refractivity (Wildman–Crippen MR) is 101 cm³/mol. The van der Waals surface area contributed by atoms with Gasteiger partial charge in [0, 0.05) is 28.2 Å². The van der Waals surface area contributed by atoms with E-state index in [-0.39, 0.29) is 5.41 Å². The van der Waals surface area contributed by atoms with E-state index in [1.54, 1.807) is 11.3 Å². The van der Waals surface area contributed by atoms with Crippen LogP contribution in [0, 0.1) is 16.7 Å². The Hall–Kier alpha value is -1.66. The van der Waals surface area contributed by atoms with Gasteiger partial charge in [0.2, 0.25) is 0 Å². The molecule has 3 heteroatoms. The summed E-state index contributed by atoms with van der Waals surface area (Å²) < 4.78 is 0. The molecule has 0 amide bonds. The van der Waals surface area contributed by atoms with Crippen LogP contribution >= 0.6 is 11.3 Å². The maximum absolute atomic E-state index is 9.68. The van der Waals surface area contributed by atoms with Crippen molar-refractivity contribution in [2.45, 2.75) is 64.2 Å². The van der Waals surface area contributed by atoms with Crippen molar-refractivity contribution in [1.29, 1.82) is 5.26 Å². The molecule has 1 aliphatic rings. The molecule has 126 valence electrons. The quantitative estimate of drug-likeness (QED) is 0.559. The molecule has 2 aromatic rings. The van der Waals surface area contributed by atoms with Crippen LogP contribution in [-0.2, 0) is 0 Å². The van der Waals surface area contributed by atoms with Crippen LogP contribution in [0.2, 0.25) is 0 Å². The van der Waals surface area contributed by atoms with Crippen molar-refractivity contribution < 1.29 is 0 Å². The van der Waals surface area contributed by atoms with Gasteiger partial charge in [-0.05, 0) is 49.6 Å². The highest BCUT2D eigenvalue weighted by Crippen LogP contribution is 2.45. The summed E-state index contributed by atoms with van der Waals surface area (Å²) in [6, 6.07) is 11.3. The number of thiophene rings is 1. The van der Waals surface area contributed by atoms with Gasteiger partial charge >= 0.3 is 0 Å². The van der Waals surface area contributed by atoms with Gasteiger partial charge in [-0.25, -0.2) is 0 Å². The highest BCUT2D eigenvalue weighted by atomic mass is 32.1. The summed E-state index contributed by atoms with van der Waals surface area (Å²) in [6.07, 6.45) is 11.0. The second-order valence-corrected chi connectivity index (χ2v) is 8.02. The maximum Gasteiger partial charge on any atom is 0.0689 e. The molecule has 0 atom stereocenters. The molecule has 2 heterocycles. The Morgan fingerprint density at radius 3 is 2.67 bits per heavy atom. The van der Waals surface area contributed by atoms with Crippen LogP contribution in [0.25, 0.3) is 10.4 Å². The summed E-state index contributed by atoms with van der Waals surface area (Å²) in [5, 5.41) is 11.8. The van der Waals surface area contributed by atoms with E-state index in [4.69, 9.17) is 4.98 Å². The van der Waals surface area contributed by atoms with E-state index < -0.39 is 0 Å². The molecule has 2 aromatic heterocycles. The van der Waals surface area contributed by atoms with Crippen LogP contribution in [0.15, 0.2) is 35.8 Å². The Labute approximate surface area is 149 Å². The first-order chi connectivity index (χ1) is 11.8. The van der Waals surface area contributed by atoms with Gasteiger partial charge in [0.05, 0.1) is 11.5 Å². The van der Waals surface area contributed by atoms with Gasteiger partial charge in [-0.15, -0.1) is 11.3 Å². The summed E-state index contributed by atoms with van der Waals surface area (Å²) in [5.41, 5.74) is 2.34. The van der Waals surface area contributed by atoms with E-state index in [0.717, 1.165) is 32.1 Å². The van der Waals surface area contributed by atoms with E-state index in [1.165, 1.54) is 35.4 Å². The van der Waals surface area contributed by atoms with Crippen molar-refractivity contribution in [1.82, 2.24) is 4.98 Å². The lowest BCUT2D eigenvalue weighted by Crippen LogP contribution is -2.25. The molecule has 0 saturated heterocycles. The van der Waals surface area contributed by atoms with Gasteiger partial charge < -0.3 is 0 Å². The van der Waals surface area contributed by atoms with Crippen molar-refractivity contribution in [3.8, 4) is 16.5 Å². The summed E-state index contributed by atoms with van der Waals surface area (Å²) >= 11 is 1.75. The molecule has 2 nitrogen and oxygen atoms in total. The van der Waals surface area contributed by atoms with Gasteiger partial charge in [-0.3, -0.25) is 4.98 Å². The predicted octanol–water partition coefficient (Wildman–Crippen LogP) is 6.56. The fourth-order valence-electron chi connectivity index (χ4n) is 3.83. The molecular formula is C21H26N2S. The molecule has 0 radical (unpaired) electrons. The molecule has 1 aliphatic carbocycles. The summed E-state index contributed by atoms with van der Waals surface area (Å²) in [6.45, 7) is 2.22. The first kappa shape index (κ1) is 17.2. The Morgan fingerprint density at radius 1 is 1.25 bits per heavy atom. The summed E-state index contributed by atoms with van der Waals surface area (Å²) in [7, 11) is 0. The molecule has 1 fully saturated rings. The van der Waals surface area contributed by atoms with Crippen molar-refractivity contribution in [2.75, 3.05) is 0 Å². The van der Waals surface area contributed by atoms with Crippen molar-refractivity contribution >= 4 is 11.3 Å². The third kappa shape index (κ3) is 3.87. The zero-order chi connectivity index (χ0) is 16.8. The Balaban J connectivity index is 1.61. The topological polar surface area (TPSA) is 36.7 Å². The zero-order valence-electron chi connectivity index (χ0n) is 14.5. The van der Waals surface area contributed by atoms with Crippen molar-refractivity contribution in [2.24, 2.45) is 5.41 Å². The number of pyridine rings is 1. The molecule has 0 bridgehead atoms. The standard InChI is InChI=1S/C21H26N2S/c1-2-3-4-11-21(16-22)12-9-17(10-13-21)19-8-7-18(15-23-19)20-6-5-14-24-20/h5-8,14-15,17H,2-4,9-13H2,1H3/t17-,21-. The Kier molecular flexibility index (Phi) is 5.68. The second-order valence-electron chi connectivity index (χ2n) is 7.07. The third-order valence-corrected chi connectivity index (χ3v) is 6.37. The van der Waals surface area contributed by atoms with Gasteiger partial charge in [0.15, 0.2) is 0 Å². The van der Waals surface area contributed by atoms with Crippen molar-refractivity contribution in [3.63, 3.8) is 0 Å². The normalized spacial score (nSPS) is 23.8. The monoisotopic (exact) mass is 338 g/mol. The molecule has 1 saturated carbocycles. The minimum Gasteiger partial charge on any atom is -0.260 e. The number of nitrogens with zero attached hydrogens (tertiary/aromatic N) is 2. The van der Waals surface area contributed by atoms with Gasteiger partial charge in [0.25, 0.3) is 0 Å². The number of unbranched alkanes of at least 4 members (excludes halogenated alkanes) is 2. The van der Waals surface area contributed by atoms with E-state index >= 15 is 0 Å².